The average Bonchev–Trinajstić information content (AvgIpc) is 2.73. The molecule has 1 amide bonds. The van der Waals surface area contributed by atoms with E-state index >= 15 is 0 Å². The molecule has 0 aromatic heterocycles. The lowest BCUT2D eigenvalue weighted by Crippen LogP contribution is -2.42. The van der Waals surface area contributed by atoms with Crippen molar-refractivity contribution in [1.82, 2.24) is 4.90 Å². The molecule has 0 bridgehead atoms. The van der Waals surface area contributed by atoms with Crippen molar-refractivity contribution in [2.75, 3.05) is 20.2 Å². The summed E-state index contributed by atoms with van der Waals surface area (Å²) in [6.07, 6.45) is 9.09. The third-order valence-corrected chi connectivity index (χ3v) is 8.39. The molecule has 0 spiro atoms. The monoisotopic (exact) mass is 393 g/mol. The van der Waals surface area contributed by atoms with Crippen LogP contribution in [0.4, 0.5) is 0 Å². The van der Waals surface area contributed by atoms with Crippen molar-refractivity contribution < 1.29 is 17.9 Å². The molecule has 0 atom stereocenters. The predicted octanol–water partition coefficient (Wildman–Crippen LogP) is 3.82. The van der Waals surface area contributed by atoms with Gasteiger partial charge in [0, 0.05) is 19.5 Å². The van der Waals surface area contributed by atoms with Crippen LogP contribution in [0.1, 0.15) is 57.8 Å². The summed E-state index contributed by atoms with van der Waals surface area (Å²) in [7, 11) is -1.80. The van der Waals surface area contributed by atoms with Gasteiger partial charge >= 0.3 is 0 Å². The number of piperidine rings is 1. The van der Waals surface area contributed by atoms with Gasteiger partial charge in [-0.25, -0.2) is 8.42 Å². The van der Waals surface area contributed by atoms with E-state index in [4.69, 9.17) is 4.74 Å². The summed E-state index contributed by atoms with van der Waals surface area (Å²) < 4.78 is 30.8. The second kappa shape index (κ2) is 9.09. The molecule has 1 aromatic carbocycles. The number of rotatable bonds is 6. The molecular formula is C21H31NO4S. The molecule has 1 heterocycles. The number of nitrogens with zero attached hydrogens (tertiary/aromatic N) is 1. The van der Waals surface area contributed by atoms with Crippen molar-refractivity contribution in [1.29, 1.82) is 0 Å². The molecule has 0 unspecified atom stereocenters. The molecule has 6 heteroatoms. The fraction of sp³-hybridized carbons (Fsp3) is 0.667. The van der Waals surface area contributed by atoms with Gasteiger partial charge < -0.3 is 9.64 Å². The maximum absolute atomic E-state index is 12.9. The zero-order chi connectivity index (χ0) is 19.3. The highest BCUT2D eigenvalue weighted by atomic mass is 32.2. The number of carbonyl (C=O) groups excluding carboxylic acids is 1. The number of carbonyl (C=O) groups is 1. The van der Waals surface area contributed by atoms with E-state index in [2.05, 4.69) is 0 Å². The number of methoxy groups -OCH3 is 1. The molecule has 27 heavy (non-hydrogen) atoms. The van der Waals surface area contributed by atoms with E-state index < -0.39 is 15.1 Å². The Morgan fingerprint density at radius 3 is 2.26 bits per heavy atom. The lowest BCUT2D eigenvalue weighted by Gasteiger charge is -2.32. The normalized spacial score (nSPS) is 19.8. The first-order chi connectivity index (χ1) is 13.0. The van der Waals surface area contributed by atoms with Gasteiger partial charge in [0.1, 0.15) is 5.75 Å². The van der Waals surface area contributed by atoms with E-state index in [0.29, 0.717) is 48.9 Å². The van der Waals surface area contributed by atoms with Crippen LogP contribution in [0, 0.1) is 5.92 Å². The summed E-state index contributed by atoms with van der Waals surface area (Å²) in [4.78, 5) is 14.7. The summed E-state index contributed by atoms with van der Waals surface area (Å²) in [5, 5.41) is -0.409. The highest BCUT2D eigenvalue weighted by Gasteiger charge is 2.32. The van der Waals surface area contributed by atoms with E-state index in [1.807, 2.05) is 4.90 Å². The number of hydrogen-bond donors (Lipinski definition) is 0. The fourth-order valence-electron chi connectivity index (χ4n) is 4.33. The molecule has 1 saturated heterocycles. The number of sulfone groups is 1. The largest absolute Gasteiger partial charge is 0.497 e. The highest BCUT2D eigenvalue weighted by molar-refractivity contribution is 7.92. The van der Waals surface area contributed by atoms with Gasteiger partial charge in [-0.1, -0.05) is 32.1 Å². The van der Waals surface area contributed by atoms with Crippen molar-refractivity contribution >= 4 is 15.7 Å². The molecule has 0 radical (unpaired) electrons. The molecule has 2 aliphatic rings. The first kappa shape index (κ1) is 20.2. The number of likely N-dealkylation sites (tertiary alicyclic amines) is 1. The third-order valence-electron chi connectivity index (χ3n) is 6.11. The van der Waals surface area contributed by atoms with E-state index in [1.54, 1.807) is 31.4 Å². The van der Waals surface area contributed by atoms with Gasteiger partial charge in [0.05, 0.1) is 17.3 Å². The Hall–Kier alpha value is -1.56. The summed E-state index contributed by atoms with van der Waals surface area (Å²) in [5.74, 6) is 1.55. The number of ether oxygens (including phenoxy) is 1. The Kier molecular flexibility index (Phi) is 6.79. The summed E-state index contributed by atoms with van der Waals surface area (Å²) in [5.41, 5.74) is 0. The van der Waals surface area contributed by atoms with Crippen molar-refractivity contribution in [3.05, 3.63) is 24.3 Å². The van der Waals surface area contributed by atoms with Gasteiger partial charge in [-0.3, -0.25) is 4.79 Å². The SMILES string of the molecule is COc1ccc(S(=O)(=O)C2CCN(C(=O)CCC3CCCCC3)CC2)cc1. The molecule has 150 valence electrons. The van der Waals surface area contributed by atoms with Crippen molar-refractivity contribution in [2.45, 2.75) is 67.9 Å². The Bertz CT molecular complexity index is 715. The molecule has 1 aromatic rings. The molecule has 5 nitrogen and oxygen atoms in total. The second-order valence-electron chi connectivity index (χ2n) is 7.84. The lowest BCUT2D eigenvalue weighted by molar-refractivity contribution is -0.132. The van der Waals surface area contributed by atoms with E-state index in [-0.39, 0.29) is 5.91 Å². The van der Waals surface area contributed by atoms with E-state index in [1.165, 1.54) is 32.1 Å². The predicted molar refractivity (Wildman–Crippen MR) is 106 cm³/mol. The molecule has 3 rings (SSSR count). The topological polar surface area (TPSA) is 63.7 Å². The fourth-order valence-corrected chi connectivity index (χ4v) is 6.07. The van der Waals surface area contributed by atoms with Crippen LogP contribution in [0.2, 0.25) is 0 Å². The van der Waals surface area contributed by atoms with Gasteiger partial charge in [-0.05, 0) is 49.4 Å². The maximum Gasteiger partial charge on any atom is 0.222 e. The standard InChI is InChI=1S/C21H31NO4S/c1-26-18-8-10-19(11-9-18)27(24,25)20-13-15-22(16-14-20)21(23)12-7-17-5-3-2-4-6-17/h8-11,17,20H,2-7,12-16H2,1H3. The third kappa shape index (κ3) is 5.03. The lowest BCUT2D eigenvalue weighted by atomic mass is 9.86. The van der Waals surface area contributed by atoms with Gasteiger partial charge in [-0.2, -0.15) is 0 Å². The molecule has 2 fully saturated rings. The Balaban J connectivity index is 1.50. The van der Waals surface area contributed by atoms with Gasteiger partial charge in [0.2, 0.25) is 5.91 Å². The summed E-state index contributed by atoms with van der Waals surface area (Å²) >= 11 is 0. The Labute approximate surface area is 163 Å². The van der Waals surface area contributed by atoms with Crippen LogP contribution in [-0.4, -0.2) is 44.7 Å². The van der Waals surface area contributed by atoms with Crippen LogP contribution in [0.5, 0.6) is 5.75 Å². The van der Waals surface area contributed by atoms with Gasteiger partial charge in [0.15, 0.2) is 9.84 Å². The van der Waals surface area contributed by atoms with E-state index in [0.717, 1.165) is 6.42 Å². The van der Waals surface area contributed by atoms with Crippen LogP contribution in [0.15, 0.2) is 29.2 Å². The Morgan fingerprint density at radius 1 is 1.04 bits per heavy atom. The van der Waals surface area contributed by atoms with Crippen LogP contribution < -0.4 is 4.74 Å². The quantitative estimate of drug-likeness (QED) is 0.737. The van der Waals surface area contributed by atoms with Crippen LogP contribution in [0.25, 0.3) is 0 Å². The first-order valence-corrected chi connectivity index (χ1v) is 11.7. The minimum atomic E-state index is -3.36. The molecular weight excluding hydrogens is 362 g/mol. The van der Waals surface area contributed by atoms with Crippen molar-refractivity contribution in [2.24, 2.45) is 5.92 Å². The molecule has 1 aliphatic carbocycles. The molecule has 1 saturated carbocycles. The minimum Gasteiger partial charge on any atom is -0.497 e. The van der Waals surface area contributed by atoms with Crippen molar-refractivity contribution in [3.8, 4) is 5.75 Å². The van der Waals surface area contributed by atoms with Crippen molar-refractivity contribution in [3.63, 3.8) is 0 Å². The maximum atomic E-state index is 12.9. The van der Waals surface area contributed by atoms with Gasteiger partial charge in [0.25, 0.3) is 0 Å². The molecule has 0 N–H and O–H groups in total. The minimum absolute atomic E-state index is 0.195. The van der Waals surface area contributed by atoms with Crippen LogP contribution >= 0.6 is 0 Å². The van der Waals surface area contributed by atoms with Crippen LogP contribution in [-0.2, 0) is 14.6 Å². The summed E-state index contributed by atoms with van der Waals surface area (Å²) in [6.45, 7) is 1.09. The number of benzene rings is 1. The summed E-state index contributed by atoms with van der Waals surface area (Å²) in [6, 6.07) is 6.57. The number of hydrogen-bond acceptors (Lipinski definition) is 4. The number of amides is 1. The Morgan fingerprint density at radius 2 is 1.67 bits per heavy atom. The smallest absolute Gasteiger partial charge is 0.222 e. The zero-order valence-corrected chi connectivity index (χ0v) is 17.0. The molecule has 1 aliphatic heterocycles. The first-order valence-electron chi connectivity index (χ1n) is 10.2. The average molecular weight is 394 g/mol. The second-order valence-corrected chi connectivity index (χ2v) is 10.1. The zero-order valence-electron chi connectivity index (χ0n) is 16.2. The highest BCUT2D eigenvalue weighted by Crippen LogP contribution is 2.29. The van der Waals surface area contributed by atoms with E-state index in [9.17, 15) is 13.2 Å². The van der Waals surface area contributed by atoms with Gasteiger partial charge in [-0.15, -0.1) is 0 Å². The van der Waals surface area contributed by atoms with Crippen LogP contribution in [0.3, 0.4) is 0 Å².